The third-order valence-electron chi connectivity index (χ3n) is 3.31. The van der Waals surface area contributed by atoms with E-state index in [0.717, 1.165) is 18.1 Å². The molecular weight excluding hydrogens is 214 g/mol. The lowest BCUT2D eigenvalue weighted by Crippen LogP contribution is -2.35. The molecule has 0 aromatic carbocycles. The Morgan fingerprint density at radius 3 is 2.76 bits per heavy atom. The van der Waals surface area contributed by atoms with Crippen molar-refractivity contribution in [1.29, 1.82) is 0 Å². The number of nitrogens with zero attached hydrogens (tertiary/aromatic N) is 2. The van der Waals surface area contributed by atoms with Gasteiger partial charge >= 0.3 is 0 Å². The van der Waals surface area contributed by atoms with Crippen LogP contribution in [0.4, 0.5) is 5.82 Å². The lowest BCUT2D eigenvalue weighted by atomic mass is 10.3. The smallest absolute Gasteiger partial charge is 0.137 e. The Balaban J connectivity index is 1.80. The van der Waals surface area contributed by atoms with Gasteiger partial charge in [0.2, 0.25) is 0 Å². The van der Waals surface area contributed by atoms with Gasteiger partial charge in [0.15, 0.2) is 0 Å². The summed E-state index contributed by atoms with van der Waals surface area (Å²) in [6.45, 7) is 5.68. The Kier molecular flexibility index (Phi) is 4.20. The molecule has 2 rings (SSSR count). The molecule has 0 spiro atoms. The minimum atomic E-state index is 0.571. The largest absolute Gasteiger partial charge is 0.495 e. The number of hydrogen-bond acceptors (Lipinski definition) is 4. The van der Waals surface area contributed by atoms with Gasteiger partial charge in [0.25, 0.3) is 0 Å². The Morgan fingerprint density at radius 2 is 2.18 bits per heavy atom. The normalized spacial score (nSPS) is 18.0. The number of pyridine rings is 1. The van der Waals surface area contributed by atoms with Crippen LogP contribution >= 0.6 is 0 Å². The van der Waals surface area contributed by atoms with Crippen LogP contribution in [-0.2, 0) is 0 Å². The Morgan fingerprint density at radius 1 is 1.41 bits per heavy atom. The molecule has 0 amide bonds. The quantitative estimate of drug-likeness (QED) is 0.847. The fourth-order valence-electron chi connectivity index (χ4n) is 2.17. The van der Waals surface area contributed by atoms with Gasteiger partial charge in [-0.2, -0.15) is 0 Å². The third-order valence-corrected chi connectivity index (χ3v) is 3.31. The summed E-state index contributed by atoms with van der Waals surface area (Å²) in [5, 5.41) is 3.36. The van der Waals surface area contributed by atoms with Crippen LogP contribution < -0.4 is 10.1 Å². The first-order valence-electron chi connectivity index (χ1n) is 6.27. The van der Waals surface area contributed by atoms with Crippen LogP contribution in [0.15, 0.2) is 18.3 Å². The van der Waals surface area contributed by atoms with Crippen molar-refractivity contribution in [3.63, 3.8) is 0 Å². The van der Waals surface area contributed by atoms with Gasteiger partial charge in [0.1, 0.15) is 11.6 Å². The van der Waals surface area contributed by atoms with E-state index < -0.39 is 0 Å². The fourth-order valence-corrected chi connectivity index (χ4v) is 2.17. The molecule has 1 aliphatic rings. The lowest BCUT2D eigenvalue weighted by molar-refractivity contribution is 0.269. The monoisotopic (exact) mass is 235 g/mol. The molecule has 4 heteroatoms. The molecule has 1 atom stereocenters. The number of nitrogens with one attached hydrogen (secondary N) is 1. The average molecular weight is 235 g/mol. The average Bonchev–Trinajstić information content (AvgIpc) is 2.90. The number of anilines is 1. The summed E-state index contributed by atoms with van der Waals surface area (Å²) in [6.07, 6.45) is 4.42. The van der Waals surface area contributed by atoms with Crippen molar-refractivity contribution < 1.29 is 4.74 Å². The Bertz CT molecular complexity index is 333. The van der Waals surface area contributed by atoms with Gasteiger partial charge in [-0.1, -0.05) is 0 Å². The molecule has 1 aromatic heterocycles. The van der Waals surface area contributed by atoms with Crippen LogP contribution in [0.1, 0.15) is 19.8 Å². The topological polar surface area (TPSA) is 37.4 Å². The van der Waals surface area contributed by atoms with E-state index in [0.29, 0.717) is 6.04 Å². The highest BCUT2D eigenvalue weighted by Crippen LogP contribution is 2.14. The van der Waals surface area contributed by atoms with E-state index in [1.807, 2.05) is 12.1 Å². The number of ether oxygens (including phenoxy) is 1. The van der Waals surface area contributed by atoms with Crippen molar-refractivity contribution in [1.82, 2.24) is 9.88 Å². The van der Waals surface area contributed by atoms with Crippen molar-refractivity contribution in [3.05, 3.63) is 18.3 Å². The summed E-state index contributed by atoms with van der Waals surface area (Å²) in [5.74, 6) is 1.71. The Labute approximate surface area is 103 Å². The number of likely N-dealkylation sites (tertiary alicyclic amines) is 1. The van der Waals surface area contributed by atoms with E-state index in [4.69, 9.17) is 4.74 Å². The van der Waals surface area contributed by atoms with Crippen molar-refractivity contribution >= 4 is 5.82 Å². The van der Waals surface area contributed by atoms with Crippen molar-refractivity contribution in [2.45, 2.75) is 25.8 Å². The molecular formula is C13H21N3O. The zero-order chi connectivity index (χ0) is 12.1. The van der Waals surface area contributed by atoms with Crippen molar-refractivity contribution in [2.75, 3.05) is 32.1 Å². The fraction of sp³-hybridized carbons (Fsp3) is 0.615. The second-order valence-electron chi connectivity index (χ2n) is 4.56. The molecule has 0 aliphatic carbocycles. The van der Waals surface area contributed by atoms with E-state index in [1.54, 1.807) is 13.3 Å². The molecule has 0 radical (unpaired) electrons. The second kappa shape index (κ2) is 5.87. The molecule has 0 saturated carbocycles. The summed E-state index contributed by atoms with van der Waals surface area (Å²) in [4.78, 5) is 6.82. The maximum Gasteiger partial charge on any atom is 0.137 e. The second-order valence-corrected chi connectivity index (χ2v) is 4.56. The summed E-state index contributed by atoms with van der Waals surface area (Å²) in [6, 6.07) is 4.45. The number of aromatic nitrogens is 1. The van der Waals surface area contributed by atoms with Crippen LogP contribution in [0.5, 0.6) is 5.75 Å². The summed E-state index contributed by atoms with van der Waals surface area (Å²) < 4.78 is 5.08. The molecule has 4 nitrogen and oxygen atoms in total. The molecule has 0 bridgehead atoms. The molecule has 1 aliphatic heterocycles. The Hall–Kier alpha value is -1.29. The molecule has 94 valence electrons. The van der Waals surface area contributed by atoms with Crippen LogP contribution in [0.25, 0.3) is 0 Å². The standard InChI is InChI=1S/C13H21N3O/c1-11(16-7-3-4-8-16)9-14-13-6-5-12(17-2)10-15-13/h5-6,10-11H,3-4,7-9H2,1-2H3,(H,14,15). The van der Waals surface area contributed by atoms with Gasteiger partial charge in [0, 0.05) is 12.6 Å². The van der Waals surface area contributed by atoms with Crippen molar-refractivity contribution in [2.24, 2.45) is 0 Å². The van der Waals surface area contributed by atoms with Crippen LogP contribution in [-0.4, -0.2) is 42.7 Å². The number of rotatable bonds is 5. The van der Waals surface area contributed by atoms with Gasteiger partial charge in [-0.3, -0.25) is 4.90 Å². The van der Waals surface area contributed by atoms with Gasteiger partial charge < -0.3 is 10.1 Å². The first-order chi connectivity index (χ1) is 8.29. The van der Waals surface area contributed by atoms with Gasteiger partial charge in [0.05, 0.1) is 13.3 Å². The maximum absolute atomic E-state index is 5.08. The van der Waals surface area contributed by atoms with E-state index in [-0.39, 0.29) is 0 Å². The zero-order valence-electron chi connectivity index (χ0n) is 10.6. The maximum atomic E-state index is 5.08. The predicted octanol–water partition coefficient (Wildman–Crippen LogP) is 1.99. The minimum absolute atomic E-state index is 0.571. The third kappa shape index (κ3) is 3.33. The molecule has 17 heavy (non-hydrogen) atoms. The molecule has 1 fully saturated rings. The lowest BCUT2D eigenvalue weighted by Gasteiger charge is -2.24. The van der Waals surface area contributed by atoms with Gasteiger partial charge in [-0.15, -0.1) is 0 Å². The van der Waals surface area contributed by atoms with E-state index >= 15 is 0 Å². The highest BCUT2D eigenvalue weighted by molar-refractivity contribution is 5.37. The molecule has 1 unspecified atom stereocenters. The van der Waals surface area contributed by atoms with Crippen molar-refractivity contribution in [3.8, 4) is 5.75 Å². The van der Waals surface area contributed by atoms with Gasteiger partial charge in [-0.05, 0) is 45.0 Å². The SMILES string of the molecule is COc1ccc(NCC(C)N2CCCC2)nc1. The highest BCUT2D eigenvalue weighted by atomic mass is 16.5. The minimum Gasteiger partial charge on any atom is -0.495 e. The predicted molar refractivity (Wildman–Crippen MR) is 69.5 cm³/mol. The van der Waals surface area contributed by atoms with Crippen LogP contribution in [0.3, 0.4) is 0 Å². The first-order valence-corrected chi connectivity index (χ1v) is 6.27. The highest BCUT2D eigenvalue weighted by Gasteiger charge is 2.17. The van der Waals surface area contributed by atoms with E-state index in [1.165, 1.54) is 25.9 Å². The van der Waals surface area contributed by atoms with Crippen LogP contribution in [0, 0.1) is 0 Å². The first kappa shape index (κ1) is 12.2. The summed E-state index contributed by atoms with van der Waals surface area (Å²) in [7, 11) is 1.65. The zero-order valence-corrected chi connectivity index (χ0v) is 10.6. The van der Waals surface area contributed by atoms with E-state index in [2.05, 4.69) is 22.1 Å². The van der Waals surface area contributed by atoms with Crippen LogP contribution in [0.2, 0.25) is 0 Å². The summed E-state index contributed by atoms with van der Waals surface area (Å²) >= 11 is 0. The molecule has 1 aromatic rings. The number of methoxy groups -OCH3 is 1. The van der Waals surface area contributed by atoms with E-state index in [9.17, 15) is 0 Å². The van der Waals surface area contributed by atoms with Gasteiger partial charge in [-0.25, -0.2) is 4.98 Å². The molecule has 1 saturated heterocycles. The molecule has 2 heterocycles. The molecule has 1 N–H and O–H groups in total. The summed E-state index contributed by atoms with van der Waals surface area (Å²) in [5.41, 5.74) is 0. The number of hydrogen-bond donors (Lipinski definition) is 1.